The number of carbonyl (C=O) groups is 1. The van der Waals surface area contributed by atoms with E-state index in [2.05, 4.69) is 5.32 Å². The quantitative estimate of drug-likeness (QED) is 0.724. The predicted octanol–water partition coefficient (Wildman–Crippen LogP) is 1.88. The normalized spacial score (nSPS) is 11.5. The van der Waals surface area contributed by atoms with Crippen LogP contribution in [-0.4, -0.2) is 46.3 Å². The van der Waals surface area contributed by atoms with E-state index in [1.807, 2.05) is 12.1 Å². The fourth-order valence-corrected chi connectivity index (χ4v) is 3.10. The maximum Gasteiger partial charge on any atom is 0.303 e. The highest BCUT2D eigenvalue weighted by Gasteiger charge is 2.20. The summed E-state index contributed by atoms with van der Waals surface area (Å²) in [5, 5.41) is 2.84. The second kappa shape index (κ2) is 8.17. The molecular formula is C17H23N3O4S. The molecule has 0 aliphatic carbocycles. The van der Waals surface area contributed by atoms with E-state index in [9.17, 15) is 13.2 Å². The SMILES string of the molecule is CN(C)S(=O)(=O)N(C)c1ccc(C(=O)NCCCc2ccco2)cc1. The number of aryl methyl sites for hydroxylation is 1. The molecule has 0 unspecified atom stereocenters. The van der Waals surface area contributed by atoms with Crippen molar-refractivity contribution in [3.63, 3.8) is 0 Å². The van der Waals surface area contributed by atoms with Crippen molar-refractivity contribution in [2.24, 2.45) is 0 Å². The van der Waals surface area contributed by atoms with Crippen LogP contribution in [0.2, 0.25) is 0 Å². The molecule has 1 heterocycles. The number of hydrogen-bond acceptors (Lipinski definition) is 4. The van der Waals surface area contributed by atoms with E-state index in [0.717, 1.165) is 27.2 Å². The summed E-state index contributed by atoms with van der Waals surface area (Å²) in [5.41, 5.74) is 0.973. The first-order valence-electron chi connectivity index (χ1n) is 7.89. The van der Waals surface area contributed by atoms with Crippen molar-refractivity contribution < 1.29 is 17.6 Å². The molecule has 0 spiro atoms. The van der Waals surface area contributed by atoms with Gasteiger partial charge in [0, 0.05) is 39.7 Å². The Balaban J connectivity index is 1.89. The van der Waals surface area contributed by atoms with Gasteiger partial charge in [-0.2, -0.15) is 12.7 Å². The third-order valence-corrected chi connectivity index (χ3v) is 5.59. The number of hydrogen-bond donors (Lipinski definition) is 1. The van der Waals surface area contributed by atoms with Crippen LogP contribution in [-0.2, 0) is 16.6 Å². The summed E-state index contributed by atoms with van der Waals surface area (Å²) in [6, 6.07) is 10.2. The maximum absolute atomic E-state index is 12.1. The molecule has 0 atom stereocenters. The van der Waals surface area contributed by atoms with Crippen LogP contribution >= 0.6 is 0 Å². The van der Waals surface area contributed by atoms with Gasteiger partial charge in [0.2, 0.25) is 0 Å². The van der Waals surface area contributed by atoms with Crippen LogP contribution in [0.4, 0.5) is 5.69 Å². The lowest BCUT2D eigenvalue weighted by Gasteiger charge is -2.23. The lowest BCUT2D eigenvalue weighted by molar-refractivity contribution is 0.0953. The Bertz CT molecular complexity index is 784. The van der Waals surface area contributed by atoms with Crippen molar-refractivity contribution >= 4 is 21.8 Å². The van der Waals surface area contributed by atoms with E-state index in [1.54, 1.807) is 30.5 Å². The number of rotatable bonds is 8. The van der Waals surface area contributed by atoms with Gasteiger partial charge in [-0.15, -0.1) is 0 Å². The van der Waals surface area contributed by atoms with Crippen molar-refractivity contribution in [1.82, 2.24) is 9.62 Å². The lowest BCUT2D eigenvalue weighted by atomic mass is 10.2. The standard InChI is InChI=1S/C17H23N3O4S/c1-19(2)25(22,23)20(3)15-10-8-14(9-11-15)17(21)18-12-4-6-16-7-5-13-24-16/h5,7-11,13H,4,6,12H2,1-3H3,(H,18,21). The number of nitrogens with zero attached hydrogens (tertiary/aromatic N) is 2. The van der Waals surface area contributed by atoms with Gasteiger partial charge in [0.15, 0.2) is 0 Å². The van der Waals surface area contributed by atoms with Gasteiger partial charge in [0.05, 0.1) is 12.0 Å². The minimum absolute atomic E-state index is 0.191. The van der Waals surface area contributed by atoms with Crippen LogP contribution in [0, 0.1) is 0 Å². The highest BCUT2D eigenvalue weighted by atomic mass is 32.2. The highest BCUT2D eigenvalue weighted by Crippen LogP contribution is 2.18. The molecule has 136 valence electrons. The number of carbonyl (C=O) groups excluding carboxylic acids is 1. The number of furan rings is 1. The van der Waals surface area contributed by atoms with Gasteiger partial charge in [-0.25, -0.2) is 0 Å². The number of amides is 1. The molecule has 0 saturated heterocycles. The second-order valence-corrected chi connectivity index (χ2v) is 7.92. The zero-order valence-corrected chi connectivity index (χ0v) is 15.4. The van der Waals surface area contributed by atoms with Gasteiger partial charge >= 0.3 is 10.2 Å². The Kier molecular flexibility index (Phi) is 6.22. The zero-order chi connectivity index (χ0) is 18.4. The first-order valence-corrected chi connectivity index (χ1v) is 9.29. The summed E-state index contributed by atoms with van der Waals surface area (Å²) in [7, 11) is 0.864. The maximum atomic E-state index is 12.1. The topological polar surface area (TPSA) is 82.9 Å². The lowest BCUT2D eigenvalue weighted by Crippen LogP contribution is -2.37. The molecule has 0 radical (unpaired) electrons. The molecule has 1 amide bonds. The zero-order valence-electron chi connectivity index (χ0n) is 14.6. The fraction of sp³-hybridized carbons (Fsp3) is 0.353. The Labute approximate surface area is 148 Å². The van der Waals surface area contributed by atoms with Crippen LogP contribution in [0.3, 0.4) is 0 Å². The summed E-state index contributed by atoms with van der Waals surface area (Å²) in [5.74, 6) is 0.702. The molecule has 2 rings (SSSR count). The third-order valence-electron chi connectivity index (χ3n) is 3.77. The van der Waals surface area contributed by atoms with E-state index in [4.69, 9.17) is 4.42 Å². The van der Waals surface area contributed by atoms with E-state index in [1.165, 1.54) is 21.1 Å². The first kappa shape index (κ1) is 19.0. The Morgan fingerprint density at radius 1 is 1.12 bits per heavy atom. The minimum Gasteiger partial charge on any atom is -0.469 e. The summed E-state index contributed by atoms with van der Waals surface area (Å²) in [6.07, 6.45) is 3.17. The Hall–Kier alpha value is -2.32. The monoisotopic (exact) mass is 365 g/mol. The van der Waals surface area contributed by atoms with Crippen LogP contribution < -0.4 is 9.62 Å². The molecule has 2 aromatic rings. The predicted molar refractivity (Wildman–Crippen MR) is 96.8 cm³/mol. The third kappa shape index (κ3) is 4.83. The van der Waals surface area contributed by atoms with E-state index in [0.29, 0.717) is 17.8 Å². The summed E-state index contributed by atoms with van der Waals surface area (Å²) in [6.45, 7) is 0.538. The molecule has 0 aliphatic heterocycles. The second-order valence-electron chi connectivity index (χ2n) is 5.74. The molecule has 8 heteroatoms. The Morgan fingerprint density at radius 2 is 1.80 bits per heavy atom. The number of benzene rings is 1. The van der Waals surface area contributed by atoms with Crippen LogP contribution in [0.25, 0.3) is 0 Å². The average Bonchev–Trinajstić information content (AvgIpc) is 3.11. The highest BCUT2D eigenvalue weighted by molar-refractivity contribution is 7.90. The largest absolute Gasteiger partial charge is 0.469 e. The molecule has 1 aromatic heterocycles. The minimum atomic E-state index is -3.54. The molecule has 0 bridgehead atoms. The van der Waals surface area contributed by atoms with E-state index < -0.39 is 10.2 Å². The molecule has 0 fully saturated rings. The summed E-state index contributed by atoms with van der Waals surface area (Å²) >= 11 is 0. The molecule has 7 nitrogen and oxygen atoms in total. The number of anilines is 1. The van der Waals surface area contributed by atoms with Crippen molar-refractivity contribution in [2.75, 3.05) is 32.0 Å². The van der Waals surface area contributed by atoms with E-state index >= 15 is 0 Å². The van der Waals surface area contributed by atoms with Crippen LogP contribution in [0.1, 0.15) is 22.5 Å². The average molecular weight is 365 g/mol. The molecular weight excluding hydrogens is 342 g/mol. The van der Waals surface area contributed by atoms with Gasteiger partial charge in [-0.1, -0.05) is 0 Å². The van der Waals surface area contributed by atoms with Crippen molar-refractivity contribution in [1.29, 1.82) is 0 Å². The van der Waals surface area contributed by atoms with Crippen molar-refractivity contribution in [2.45, 2.75) is 12.8 Å². The molecule has 0 aliphatic rings. The molecule has 25 heavy (non-hydrogen) atoms. The molecule has 1 N–H and O–H groups in total. The Morgan fingerprint density at radius 3 is 2.36 bits per heavy atom. The number of nitrogens with one attached hydrogen (secondary N) is 1. The first-order chi connectivity index (χ1) is 11.8. The summed E-state index contributed by atoms with van der Waals surface area (Å²) < 4.78 is 31.7. The van der Waals surface area contributed by atoms with Gasteiger partial charge in [-0.05, 0) is 42.8 Å². The van der Waals surface area contributed by atoms with Crippen LogP contribution in [0.15, 0.2) is 47.1 Å². The van der Waals surface area contributed by atoms with Crippen molar-refractivity contribution in [3.8, 4) is 0 Å². The van der Waals surface area contributed by atoms with Gasteiger partial charge in [0.1, 0.15) is 5.76 Å². The van der Waals surface area contributed by atoms with Gasteiger partial charge in [-0.3, -0.25) is 9.10 Å². The van der Waals surface area contributed by atoms with Gasteiger partial charge < -0.3 is 9.73 Å². The van der Waals surface area contributed by atoms with Crippen LogP contribution in [0.5, 0.6) is 0 Å². The smallest absolute Gasteiger partial charge is 0.303 e. The van der Waals surface area contributed by atoms with Crippen molar-refractivity contribution in [3.05, 3.63) is 54.0 Å². The van der Waals surface area contributed by atoms with Gasteiger partial charge in [0.25, 0.3) is 5.91 Å². The molecule has 1 aromatic carbocycles. The summed E-state index contributed by atoms with van der Waals surface area (Å²) in [4.78, 5) is 12.1. The molecule has 0 saturated carbocycles. The van der Waals surface area contributed by atoms with E-state index in [-0.39, 0.29) is 5.91 Å². The fourth-order valence-electron chi connectivity index (χ4n) is 2.22.